The van der Waals surface area contributed by atoms with Crippen LogP contribution < -0.4 is 5.19 Å². The van der Waals surface area contributed by atoms with Crippen molar-refractivity contribution in [2.75, 3.05) is 0 Å². The first-order chi connectivity index (χ1) is 22.7. The molecular weight excluding hydrogens is 587 g/mol. The molecule has 0 spiro atoms. The second-order valence-electron chi connectivity index (χ2n) is 14.1. The molecule has 6 aromatic carbocycles. The Morgan fingerprint density at radius 3 is 1.49 bits per heavy atom. The van der Waals surface area contributed by atoms with Crippen molar-refractivity contribution < 1.29 is 0 Å². The topological polar surface area (TPSA) is 38.7 Å². The molecule has 0 unspecified atom stereocenters. The molecule has 8 rings (SSSR count). The molecule has 7 aromatic rings. The van der Waals surface area contributed by atoms with Crippen LogP contribution in [0.15, 0.2) is 133 Å². The van der Waals surface area contributed by atoms with Crippen molar-refractivity contribution in [2.45, 2.75) is 38.9 Å². The Labute approximate surface area is 278 Å². The van der Waals surface area contributed by atoms with Gasteiger partial charge in [0, 0.05) is 22.1 Å². The summed E-state index contributed by atoms with van der Waals surface area (Å²) in [7, 11) is -1.43. The zero-order valence-electron chi connectivity index (χ0n) is 27.5. The third-order valence-corrected chi connectivity index (χ3v) is 11.8. The lowest BCUT2D eigenvalue weighted by molar-refractivity contribution is 0.661. The molecule has 228 valence electrons. The smallest absolute Gasteiger partial charge is 0.164 e. The molecule has 0 fully saturated rings. The van der Waals surface area contributed by atoms with E-state index in [-0.39, 0.29) is 5.41 Å². The molecular formula is C43H37N3Si. The second-order valence-corrected chi connectivity index (χ2v) is 19.2. The van der Waals surface area contributed by atoms with E-state index in [0.29, 0.717) is 17.5 Å². The Kier molecular flexibility index (Phi) is 6.82. The maximum absolute atomic E-state index is 5.05. The van der Waals surface area contributed by atoms with Crippen LogP contribution in [-0.2, 0) is 5.41 Å². The molecule has 0 bridgehead atoms. The molecule has 0 saturated carbocycles. The van der Waals surface area contributed by atoms with Crippen LogP contribution in [0.1, 0.15) is 25.0 Å². The lowest BCUT2D eigenvalue weighted by Gasteiger charge is -2.25. The van der Waals surface area contributed by atoms with Gasteiger partial charge in [0.1, 0.15) is 0 Å². The SMILES string of the molecule is CC1(C)c2cc(-c3ccc(-c4nc(-c5ccccc5)nc(-c5ccccc5)n4)c4ccccc34)ccc2-c2ccc([Si](C)(C)C)cc21. The van der Waals surface area contributed by atoms with Crippen molar-refractivity contribution in [3.8, 4) is 56.4 Å². The predicted octanol–water partition coefficient (Wildman–Crippen LogP) is 10.5. The van der Waals surface area contributed by atoms with Gasteiger partial charge in [-0.3, -0.25) is 0 Å². The van der Waals surface area contributed by atoms with Crippen molar-refractivity contribution in [1.82, 2.24) is 15.0 Å². The Morgan fingerprint density at radius 1 is 0.426 bits per heavy atom. The van der Waals surface area contributed by atoms with E-state index in [9.17, 15) is 0 Å². The maximum atomic E-state index is 5.05. The lowest BCUT2D eigenvalue weighted by Crippen LogP contribution is -2.38. The first-order valence-corrected chi connectivity index (χ1v) is 19.9. The summed E-state index contributed by atoms with van der Waals surface area (Å²) in [6.07, 6.45) is 0. The van der Waals surface area contributed by atoms with E-state index in [1.54, 1.807) is 0 Å². The number of nitrogens with zero attached hydrogens (tertiary/aromatic N) is 3. The zero-order chi connectivity index (χ0) is 32.3. The van der Waals surface area contributed by atoms with Gasteiger partial charge in [0.2, 0.25) is 0 Å². The molecule has 0 N–H and O–H groups in total. The first-order valence-electron chi connectivity index (χ1n) is 16.4. The molecule has 4 heteroatoms. The fourth-order valence-corrected chi connectivity index (χ4v) is 8.21. The quantitative estimate of drug-likeness (QED) is 0.179. The predicted molar refractivity (Wildman–Crippen MR) is 200 cm³/mol. The summed E-state index contributed by atoms with van der Waals surface area (Å²) < 4.78 is 0. The minimum Gasteiger partial charge on any atom is -0.208 e. The Hall–Kier alpha value is -5.19. The average molecular weight is 624 g/mol. The van der Waals surface area contributed by atoms with Crippen LogP contribution in [0, 0.1) is 0 Å². The van der Waals surface area contributed by atoms with Gasteiger partial charge in [-0.25, -0.2) is 15.0 Å². The normalized spacial score (nSPS) is 13.4. The fraction of sp³-hybridized carbons (Fsp3) is 0.140. The Morgan fingerprint density at radius 2 is 0.894 bits per heavy atom. The van der Waals surface area contributed by atoms with Crippen molar-refractivity contribution >= 4 is 24.0 Å². The molecule has 0 atom stereocenters. The van der Waals surface area contributed by atoms with Gasteiger partial charge in [-0.15, -0.1) is 0 Å². The highest BCUT2D eigenvalue weighted by atomic mass is 28.3. The van der Waals surface area contributed by atoms with Crippen molar-refractivity contribution in [2.24, 2.45) is 0 Å². The van der Waals surface area contributed by atoms with Gasteiger partial charge in [-0.05, 0) is 56.3 Å². The molecule has 47 heavy (non-hydrogen) atoms. The minimum absolute atomic E-state index is 0.0708. The van der Waals surface area contributed by atoms with Gasteiger partial charge in [0.05, 0.1) is 8.07 Å². The Bertz CT molecular complexity index is 2240. The van der Waals surface area contributed by atoms with E-state index < -0.39 is 8.07 Å². The van der Waals surface area contributed by atoms with Gasteiger partial charge in [0.15, 0.2) is 17.5 Å². The van der Waals surface area contributed by atoms with Crippen molar-refractivity contribution in [3.63, 3.8) is 0 Å². The molecule has 1 heterocycles. The number of rotatable bonds is 5. The van der Waals surface area contributed by atoms with Crippen LogP contribution in [-0.4, -0.2) is 23.0 Å². The summed E-state index contributed by atoms with van der Waals surface area (Å²) in [6.45, 7) is 12.0. The van der Waals surface area contributed by atoms with E-state index in [1.165, 1.54) is 44.0 Å². The highest BCUT2D eigenvalue weighted by molar-refractivity contribution is 6.88. The zero-order valence-corrected chi connectivity index (χ0v) is 28.5. The van der Waals surface area contributed by atoms with Gasteiger partial charge in [0.25, 0.3) is 0 Å². The van der Waals surface area contributed by atoms with Crippen molar-refractivity contribution in [1.29, 1.82) is 0 Å². The number of benzene rings is 6. The molecule has 0 aliphatic heterocycles. The van der Waals surface area contributed by atoms with E-state index in [2.05, 4.69) is 131 Å². The largest absolute Gasteiger partial charge is 0.208 e. The fourth-order valence-electron chi connectivity index (χ4n) is 7.05. The van der Waals surface area contributed by atoms with Gasteiger partial charge in [-0.2, -0.15) is 0 Å². The number of aromatic nitrogens is 3. The van der Waals surface area contributed by atoms with E-state index in [4.69, 9.17) is 15.0 Å². The van der Waals surface area contributed by atoms with Crippen LogP contribution in [0.25, 0.3) is 67.2 Å². The summed E-state index contributed by atoms with van der Waals surface area (Å²) in [5.74, 6) is 2.00. The molecule has 1 aliphatic rings. The lowest BCUT2D eigenvalue weighted by atomic mass is 9.81. The van der Waals surface area contributed by atoms with E-state index in [0.717, 1.165) is 22.1 Å². The summed E-state index contributed by atoms with van der Waals surface area (Å²) >= 11 is 0. The monoisotopic (exact) mass is 623 g/mol. The molecule has 1 aliphatic carbocycles. The average Bonchev–Trinajstić information content (AvgIpc) is 3.33. The number of fused-ring (bicyclic) bond motifs is 4. The molecule has 0 radical (unpaired) electrons. The molecule has 1 aromatic heterocycles. The number of hydrogen-bond donors (Lipinski definition) is 0. The number of hydrogen-bond acceptors (Lipinski definition) is 3. The summed E-state index contributed by atoms with van der Waals surface area (Å²) in [5, 5.41) is 3.82. The standard InChI is InChI=1S/C43H37N3Si/c1-43(2)38-26-30(20-22-35(38)36-23-21-31(27-39(36)43)47(3,4)5)32-24-25-37(34-19-13-12-18-33(32)34)42-45-40(28-14-8-6-9-15-28)44-41(46-42)29-16-10-7-11-17-29/h6-27H,1-5H3. The van der Waals surface area contributed by atoms with Crippen LogP contribution in [0.4, 0.5) is 0 Å². The summed E-state index contributed by atoms with van der Waals surface area (Å²) in [6, 6.07) is 47.6. The van der Waals surface area contributed by atoms with Gasteiger partial charge in [-0.1, -0.05) is 160 Å². The highest BCUT2D eigenvalue weighted by Crippen LogP contribution is 2.50. The van der Waals surface area contributed by atoms with Crippen LogP contribution in [0.5, 0.6) is 0 Å². The van der Waals surface area contributed by atoms with Gasteiger partial charge < -0.3 is 0 Å². The van der Waals surface area contributed by atoms with Crippen molar-refractivity contribution in [3.05, 3.63) is 145 Å². The third-order valence-electron chi connectivity index (χ3n) is 9.72. The summed E-state index contributed by atoms with van der Waals surface area (Å²) in [4.78, 5) is 15.0. The van der Waals surface area contributed by atoms with Crippen LogP contribution in [0.3, 0.4) is 0 Å². The van der Waals surface area contributed by atoms with Gasteiger partial charge >= 0.3 is 0 Å². The second kappa shape index (κ2) is 11.0. The minimum atomic E-state index is -1.43. The van der Waals surface area contributed by atoms with E-state index in [1.807, 2.05) is 36.4 Å². The maximum Gasteiger partial charge on any atom is 0.164 e. The summed E-state index contributed by atoms with van der Waals surface area (Å²) in [5.41, 5.74) is 10.9. The first kappa shape index (κ1) is 29.2. The molecule has 3 nitrogen and oxygen atoms in total. The molecule has 0 amide bonds. The van der Waals surface area contributed by atoms with E-state index >= 15 is 0 Å². The Balaban J connectivity index is 1.27. The third kappa shape index (κ3) is 5.01. The highest BCUT2D eigenvalue weighted by Gasteiger charge is 2.36. The van der Waals surface area contributed by atoms with Crippen LogP contribution >= 0.6 is 0 Å². The molecule has 0 saturated heterocycles. The van der Waals surface area contributed by atoms with Crippen LogP contribution in [0.2, 0.25) is 19.6 Å².